The van der Waals surface area contributed by atoms with Gasteiger partial charge in [-0.3, -0.25) is 0 Å². The van der Waals surface area contributed by atoms with Crippen LogP contribution in [0.2, 0.25) is 0 Å². The molecule has 90 valence electrons. The Morgan fingerprint density at radius 2 is 2.33 bits per heavy atom. The Morgan fingerprint density at radius 3 is 2.93 bits per heavy atom. The Bertz CT molecular complexity index is 143. The summed E-state index contributed by atoms with van der Waals surface area (Å²) in [7, 11) is 0. The highest BCUT2D eigenvalue weighted by Crippen LogP contribution is 2.18. The van der Waals surface area contributed by atoms with Crippen molar-refractivity contribution < 1.29 is 5.11 Å². The smallest absolute Gasteiger partial charge is 0.0434 e. The predicted molar refractivity (Wildman–Crippen MR) is 68.5 cm³/mol. The number of aliphatic hydroxyl groups excluding tert-OH is 1. The summed E-state index contributed by atoms with van der Waals surface area (Å²) in [5, 5.41) is 12.6. The summed E-state index contributed by atoms with van der Waals surface area (Å²) < 4.78 is 0. The minimum atomic E-state index is 0.339. The summed E-state index contributed by atoms with van der Waals surface area (Å²) >= 11 is 2.07. The maximum Gasteiger partial charge on any atom is 0.0434 e. The molecule has 0 bridgehead atoms. The molecule has 2 nitrogen and oxygen atoms in total. The van der Waals surface area contributed by atoms with E-state index in [0.29, 0.717) is 12.5 Å². The highest BCUT2D eigenvalue weighted by molar-refractivity contribution is 7.99. The van der Waals surface area contributed by atoms with E-state index in [0.717, 1.165) is 19.0 Å². The molecule has 1 aliphatic heterocycles. The lowest BCUT2D eigenvalue weighted by Gasteiger charge is -2.25. The number of aliphatic hydroxyl groups is 1. The molecule has 0 aromatic carbocycles. The monoisotopic (exact) mass is 231 g/mol. The van der Waals surface area contributed by atoms with Gasteiger partial charge >= 0.3 is 0 Å². The zero-order valence-electron chi connectivity index (χ0n) is 9.87. The Morgan fingerprint density at radius 1 is 1.47 bits per heavy atom. The second-order valence-electron chi connectivity index (χ2n) is 4.49. The van der Waals surface area contributed by atoms with E-state index in [1.54, 1.807) is 0 Å². The van der Waals surface area contributed by atoms with Crippen LogP contribution in [0.25, 0.3) is 0 Å². The lowest BCUT2D eigenvalue weighted by atomic mass is 9.99. The van der Waals surface area contributed by atoms with Gasteiger partial charge in [0, 0.05) is 18.4 Å². The molecule has 0 saturated carbocycles. The van der Waals surface area contributed by atoms with Crippen LogP contribution in [0.5, 0.6) is 0 Å². The first kappa shape index (κ1) is 13.3. The largest absolute Gasteiger partial charge is 0.396 e. The normalized spacial score (nSPS) is 24.0. The summed E-state index contributed by atoms with van der Waals surface area (Å²) in [5.41, 5.74) is 0. The molecule has 1 rings (SSSR count). The zero-order valence-corrected chi connectivity index (χ0v) is 10.7. The standard InChI is InChI=1S/C12H25NOS/c1-2-4-11(6-7-14)9-13-12-5-3-8-15-10-12/h11-14H,2-10H2,1H3. The number of thioether (sulfide) groups is 1. The highest BCUT2D eigenvalue weighted by atomic mass is 32.2. The lowest BCUT2D eigenvalue weighted by molar-refractivity contribution is 0.245. The van der Waals surface area contributed by atoms with Crippen LogP contribution >= 0.6 is 11.8 Å². The molecule has 1 saturated heterocycles. The Kier molecular flexibility index (Phi) is 7.49. The molecule has 0 amide bonds. The topological polar surface area (TPSA) is 32.3 Å². The lowest BCUT2D eigenvalue weighted by Crippen LogP contribution is -2.37. The molecule has 0 aromatic rings. The van der Waals surface area contributed by atoms with Crippen molar-refractivity contribution in [3.8, 4) is 0 Å². The van der Waals surface area contributed by atoms with Crippen LogP contribution in [0.15, 0.2) is 0 Å². The van der Waals surface area contributed by atoms with E-state index in [1.165, 1.54) is 37.2 Å². The molecule has 3 heteroatoms. The molecule has 0 aromatic heterocycles. The minimum Gasteiger partial charge on any atom is -0.396 e. The van der Waals surface area contributed by atoms with Crippen molar-refractivity contribution >= 4 is 11.8 Å². The van der Waals surface area contributed by atoms with Gasteiger partial charge in [-0.1, -0.05) is 13.3 Å². The van der Waals surface area contributed by atoms with E-state index in [2.05, 4.69) is 24.0 Å². The van der Waals surface area contributed by atoms with Crippen molar-refractivity contribution in [2.45, 2.75) is 45.1 Å². The van der Waals surface area contributed by atoms with E-state index in [4.69, 9.17) is 5.11 Å². The SMILES string of the molecule is CCCC(CCO)CNC1CCCSC1. The summed E-state index contributed by atoms with van der Waals surface area (Å²) in [4.78, 5) is 0. The first-order valence-corrected chi connectivity index (χ1v) is 7.44. The maximum atomic E-state index is 8.97. The number of hydrogen-bond acceptors (Lipinski definition) is 3. The molecule has 2 atom stereocenters. The molecular formula is C12H25NOS. The van der Waals surface area contributed by atoms with Gasteiger partial charge in [0.15, 0.2) is 0 Å². The van der Waals surface area contributed by atoms with E-state index >= 15 is 0 Å². The first-order valence-electron chi connectivity index (χ1n) is 6.28. The first-order chi connectivity index (χ1) is 7.36. The van der Waals surface area contributed by atoms with Gasteiger partial charge < -0.3 is 10.4 Å². The summed E-state index contributed by atoms with van der Waals surface area (Å²) in [6.07, 6.45) is 6.13. The Hall–Kier alpha value is 0.270. The molecule has 0 radical (unpaired) electrons. The summed E-state index contributed by atoms with van der Waals surface area (Å²) in [5.74, 6) is 3.29. The van der Waals surface area contributed by atoms with Crippen molar-refractivity contribution in [1.82, 2.24) is 5.32 Å². The average Bonchev–Trinajstić information content (AvgIpc) is 2.28. The fourth-order valence-electron chi connectivity index (χ4n) is 2.17. The van der Waals surface area contributed by atoms with Crippen LogP contribution in [0.3, 0.4) is 0 Å². The van der Waals surface area contributed by atoms with Crippen molar-refractivity contribution in [3.63, 3.8) is 0 Å². The quantitative estimate of drug-likeness (QED) is 0.705. The van der Waals surface area contributed by atoms with Gasteiger partial charge in [0.2, 0.25) is 0 Å². The van der Waals surface area contributed by atoms with E-state index in [-0.39, 0.29) is 0 Å². The van der Waals surface area contributed by atoms with Crippen molar-refractivity contribution in [1.29, 1.82) is 0 Å². The molecule has 1 heterocycles. The average molecular weight is 231 g/mol. The van der Waals surface area contributed by atoms with Gasteiger partial charge in [-0.2, -0.15) is 11.8 Å². The van der Waals surface area contributed by atoms with Crippen LogP contribution in [0.4, 0.5) is 0 Å². The van der Waals surface area contributed by atoms with E-state index in [9.17, 15) is 0 Å². The van der Waals surface area contributed by atoms with Gasteiger partial charge in [-0.05, 0) is 43.9 Å². The van der Waals surface area contributed by atoms with E-state index < -0.39 is 0 Å². The van der Waals surface area contributed by atoms with Crippen molar-refractivity contribution in [2.24, 2.45) is 5.92 Å². The third kappa shape index (κ3) is 5.79. The summed E-state index contributed by atoms with van der Waals surface area (Å²) in [6.45, 7) is 3.66. The third-order valence-electron chi connectivity index (χ3n) is 3.09. The van der Waals surface area contributed by atoms with Gasteiger partial charge in [0.05, 0.1) is 0 Å². The predicted octanol–water partition coefficient (Wildman–Crippen LogP) is 2.27. The second-order valence-corrected chi connectivity index (χ2v) is 5.64. The molecular weight excluding hydrogens is 206 g/mol. The Labute approximate surface area is 98.2 Å². The molecule has 2 unspecified atom stereocenters. The maximum absolute atomic E-state index is 8.97. The molecule has 1 fully saturated rings. The van der Waals surface area contributed by atoms with E-state index in [1.807, 2.05) is 0 Å². The van der Waals surface area contributed by atoms with Gasteiger partial charge in [0.1, 0.15) is 0 Å². The minimum absolute atomic E-state index is 0.339. The second kappa shape index (κ2) is 8.43. The van der Waals surface area contributed by atoms with Gasteiger partial charge in [-0.15, -0.1) is 0 Å². The van der Waals surface area contributed by atoms with Crippen LogP contribution in [-0.2, 0) is 0 Å². The summed E-state index contributed by atoms with van der Waals surface area (Å²) in [6, 6.07) is 0.724. The fourth-order valence-corrected chi connectivity index (χ4v) is 3.28. The third-order valence-corrected chi connectivity index (χ3v) is 4.31. The van der Waals surface area contributed by atoms with Gasteiger partial charge in [-0.25, -0.2) is 0 Å². The zero-order chi connectivity index (χ0) is 10.9. The molecule has 15 heavy (non-hydrogen) atoms. The van der Waals surface area contributed by atoms with Crippen molar-refractivity contribution in [3.05, 3.63) is 0 Å². The Balaban J connectivity index is 2.13. The number of rotatable bonds is 7. The fraction of sp³-hybridized carbons (Fsp3) is 1.00. The van der Waals surface area contributed by atoms with Crippen LogP contribution < -0.4 is 5.32 Å². The molecule has 0 spiro atoms. The highest BCUT2D eigenvalue weighted by Gasteiger charge is 2.15. The van der Waals surface area contributed by atoms with Crippen LogP contribution in [-0.4, -0.2) is 35.8 Å². The van der Waals surface area contributed by atoms with Gasteiger partial charge in [0.25, 0.3) is 0 Å². The number of nitrogens with one attached hydrogen (secondary N) is 1. The van der Waals surface area contributed by atoms with Crippen molar-refractivity contribution in [2.75, 3.05) is 24.7 Å². The molecule has 0 aliphatic carbocycles. The molecule has 2 N–H and O–H groups in total. The van der Waals surface area contributed by atoms with Crippen LogP contribution in [0.1, 0.15) is 39.0 Å². The molecule has 1 aliphatic rings. The van der Waals surface area contributed by atoms with Crippen LogP contribution in [0, 0.1) is 5.92 Å². The number of hydrogen-bond donors (Lipinski definition) is 2.